The zero-order valence-corrected chi connectivity index (χ0v) is 18.7. The standard InChI is InChI=1S/C22H21ClN4O2S/c1-5-27(3)13-25-19-11-18(23)20(10-14(19)2)29-22-17(12-24)21(26-30-22)15-6-8-16(28-4)9-7-15/h6-11,13H,5H2,1-4H3/b25-13-. The Balaban J connectivity index is 1.89. The van der Waals surface area contributed by atoms with Gasteiger partial charge in [0.1, 0.15) is 28.8 Å². The summed E-state index contributed by atoms with van der Waals surface area (Å²) in [5.74, 6) is 1.19. The molecule has 154 valence electrons. The van der Waals surface area contributed by atoms with E-state index in [4.69, 9.17) is 21.1 Å². The van der Waals surface area contributed by atoms with Crippen molar-refractivity contribution in [2.24, 2.45) is 4.99 Å². The molecule has 0 saturated heterocycles. The smallest absolute Gasteiger partial charge is 0.218 e. The van der Waals surface area contributed by atoms with Crippen molar-refractivity contribution < 1.29 is 9.47 Å². The number of aryl methyl sites for hydroxylation is 1. The van der Waals surface area contributed by atoms with E-state index in [1.807, 2.05) is 56.1 Å². The molecule has 0 fully saturated rings. The molecule has 0 spiro atoms. The third kappa shape index (κ3) is 4.73. The predicted octanol–water partition coefficient (Wildman–Crippen LogP) is 6.06. The van der Waals surface area contributed by atoms with Crippen LogP contribution in [0.1, 0.15) is 18.1 Å². The first-order valence-electron chi connectivity index (χ1n) is 9.23. The van der Waals surface area contributed by atoms with E-state index in [2.05, 4.69) is 15.4 Å². The van der Waals surface area contributed by atoms with Gasteiger partial charge in [-0.15, -0.1) is 0 Å². The number of benzene rings is 2. The fourth-order valence-corrected chi connectivity index (χ4v) is 3.52. The SMILES string of the molecule is CCN(C)/C=N\c1cc(Cl)c(Oc2snc(-c3ccc(OC)cc3)c2C#N)cc1C. The molecule has 0 aliphatic carbocycles. The van der Waals surface area contributed by atoms with Crippen molar-refractivity contribution in [3.63, 3.8) is 0 Å². The highest BCUT2D eigenvalue weighted by atomic mass is 35.5. The van der Waals surface area contributed by atoms with Gasteiger partial charge < -0.3 is 14.4 Å². The minimum atomic E-state index is 0.366. The first-order valence-corrected chi connectivity index (χ1v) is 10.4. The van der Waals surface area contributed by atoms with Crippen LogP contribution in [0.3, 0.4) is 0 Å². The number of ether oxygens (including phenoxy) is 2. The Kier molecular flexibility index (Phi) is 6.93. The molecule has 0 N–H and O–H groups in total. The molecule has 0 unspecified atom stereocenters. The highest BCUT2D eigenvalue weighted by molar-refractivity contribution is 7.08. The van der Waals surface area contributed by atoms with Crippen molar-refractivity contribution in [3.8, 4) is 33.9 Å². The monoisotopic (exact) mass is 440 g/mol. The summed E-state index contributed by atoms with van der Waals surface area (Å²) in [5, 5.41) is 10.5. The van der Waals surface area contributed by atoms with Crippen molar-refractivity contribution in [1.82, 2.24) is 9.27 Å². The predicted molar refractivity (Wildman–Crippen MR) is 122 cm³/mol. The molecule has 8 heteroatoms. The van der Waals surface area contributed by atoms with Crippen LogP contribution in [0.25, 0.3) is 11.3 Å². The summed E-state index contributed by atoms with van der Waals surface area (Å²) in [4.78, 5) is 6.43. The van der Waals surface area contributed by atoms with Crippen LogP contribution >= 0.6 is 23.1 Å². The van der Waals surface area contributed by atoms with Gasteiger partial charge in [-0.2, -0.15) is 9.64 Å². The largest absolute Gasteiger partial charge is 0.497 e. The number of rotatable bonds is 7. The van der Waals surface area contributed by atoms with Gasteiger partial charge in [-0.1, -0.05) is 11.6 Å². The summed E-state index contributed by atoms with van der Waals surface area (Å²) >= 11 is 7.54. The fourth-order valence-electron chi connectivity index (χ4n) is 2.59. The van der Waals surface area contributed by atoms with Crippen LogP contribution in [0, 0.1) is 18.3 Å². The van der Waals surface area contributed by atoms with Gasteiger partial charge in [-0.05, 0) is 55.8 Å². The zero-order valence-electron chi connectivity index (χ0n) is 17.1. The molecule has 3 aromatic rings. The van der Waals surface area contributed by atoms with Gasteiger partial charge in [0, 0.05) is 30.7 Å². The molecule has 2 aromatic carbocycles. The molecular formula is C22H21ClN4O2S. The van der Waals surface area contributed by atoms with Crippen LogP contribution in [0.15, 0.2) is 41.4 Å². The lowest BCUT2D eigenvalue weighted by Crippen LogP contribution is -2.14. The van der Waals surface area contributed by atoms with E-state index < -0.39 is 0 Å². The van der Waals surface area contributed by atoms with E-state index in [0.29, 0.717) is 27.1 Å². The summed E-state index contributed by atoms with van der Waals surface area (Å²) < 4.78 is 15.6. The fraction of sp³-hybridized carbons (Fsp3) is 0.227. The third-order valence-corrected chi connectivity index (χ3v) is 5.50. The van der Waals surface area contributed by atoms with Crippen molar-refractivity contribution in [1.29, 1.82) is 5.26 Å². The molecule has 6 nitrogen and oxygen atoms in total. The molecule has 0 aliphatic heterocycles. The Morgan fingerprint density at radius 2 is 2.03 bits per heavy atom. The number of methoxy groups -OCH3 is 1. The number of aliphatic imine (C=N–C) groups is 1. The molecular weight excluding hydrogens is 420 g/mol. The Morgan fingerprint density at radius 3 is 2.67 bits per heavy atom. The minimum absolute atomic E-state index is 0.366. The van der Waals surface area contributed by atoms with Crippen molar-refractivity contribution >= 4 is 35.2 Å². The molecule has 0 aliphatic rings. The van der Waals surface area contributed by atoms with E-state index in [9.17, 15) is 5.26 Å². The van der Waals surface area contributed by atoms with E-state index >= 15 is 0 Å². The molecule has 0 amide bonds. The Morgan fingerprint density at radius 1 is 1.30 bits per heavy atom. The lowest BCUT2D eigenvalue weighted by Gasteiger charge is -2.11. The number of nitrogens with zero attached hydrogens (tertiary/aromatic N) is 4. The summed E-state index contributed by atoms with van der Waals surface area (Å²) in [6.45, 7) is 4.84. The average Bonchev–Trinajstić information content (AvgIpc) is 3.17. The number of hydrogen-bond acceptors (Lipinski definition) is 6. The van der Waals surface area contributed by atoms with Crippen molar-refractivity contribution in [3.05, 3.63) is 52.5 Å². The second-order valence-electron chi connectivity index (χ2n) is 6.52. The van der Waals surface area contributed by atoms with Gasteiger partial charge in [-0.3, -0.25) is 0 Å². The molecule has 1 aromatic heterocycles. The molecule has 0 saturated carbocycles. The van der Waals surface area contributed by atoms with E-state index in [0.717, 1.165) is 40.6 Å². The molecule has 0 bridgehead atoms. The quantitative estimate of drug-likeness (QED) is 0.330. The second kappa shape index (κ2) is 9.61. The highest BCUT2D eigenvalue weighted by Gasteiger charge is 2.19. The maximum absolute atomic E-state index is 9.70. The highest BCUT2D eigenvalue weighted by Crippen LogP contribution is 2.40. The number of aromatic nitrogens is 1. The summed E-state index contributed by atoms with van der Waals surface area (Å²) in [6, 6.07) is 13.1. The zero-order chi connectivity index (χ0) is 21.7. The molecule has 3 rings (SSSR count). The van der Waals surface area contributed by atoms with E-state index in [-0.39, 0.29) is 0 Å². The second-order valence-corrected chi connectivity index (χ2v) is 7.67. The van der Waals surface area contributed by atoms with E-state index in [1.54, 1.807) is 19.5 Å². The van der Waals surface area contributed by atoms with Crippen LogP contribution in [0.5, 0.6) is 16.6 Å². The molecule has 30 heavy (non-hydrogen) atoms. The average molecular weight is 441 g/mol. The molecule has 1 heterocycles. The van der Waals surface area contributed by atoms with Crippen LogP contribution in [-0.4, -0.2) is 36.3 Å². The maximum Gasteiger partial charge on any atom is 0.218 e. The Labute approximate surface area is 185 Å². The molecule has 0 radical (unpaired) electrons. The van der Waals surface area contributed by atoms with Crippen LogP contribution in [-0.2, 0) is 0 Å². The van der Waals surface area contributed by atoms with Crippen LogP contribution < -0.4 is 9.47 Å². The van der Waals surface area contributed by atoms with Crippen molar-refractivity contribution in [2.45, 2.75) is 13.8 Å². The maximum atomic E-state index is 9.70. The van der Waals surface area contributed by atoms with Gasteiger partial charge >= 0.3 is 0 Å². The van der Waals surface area contributed by atoms with Crippen LogP contribution in [0.2, 0.25) is 5.02 Å². The summed E-state index contributed by atoms with van der Waals surface area (Å²) in [5.41, 5.74) is 3.41. The topological polar surface area (TPSA) is 70.7 Å². The lowest BCUT2D eigenvalue weighted by molar-refractivity contribution is 0.415. The van der Waals surface area contributed by atoms with Gasteiger partial charge in [-0.25, -0.2) is 4.99 Å². The third-order valence-electron chi connectivity index (χ3n) is 4.48. The van der Waals surface area contributed by atoms with Gasteiger partial charge in [0.05, 0.1) is 24.2 Å². The van der Waals surface area contributed by atoms with Crippen LogP contribution in [0.4, 0.5) is 5.69 Å². The van der Waals surface area contributed by atoms with Gasteiger partial charge in [0.25, 0.3) is 0 Å². The van der Waals surface area contributed by atoms with E-state index in [1.165, 1.54) is 0 Å². The number of hydrogen-bond donors (Lipinski definition) is 0. The Hall–Kier alpha value is -3.08. The first-order chi connectivity index (χ1) is 14.5. The first kappa shape index (κ1) is 21.6. The Bertz CT molecular complexity index is 1100. The summed E-state index contributed by atoms with van der Waals surface area (Å²) in [7, 11) is 3.56. The van der Waals surface area contributed by atoms with Gasteiger partial charge in [0.15, 0.2) is 0 Å². The molecule has 0 atom stereocenters. The summed E-state index contributed by atoms with van der Waals surface area (Å²) in [6.07, 6.45) is 1.76. The number of nitriles is 1. The minimum Gasteiger partial charge on any atom is -0.497 e. The number of halogens is 1. The normalized spacial score (nSPS) is 10.8. The van der Waals surface area contributed by atoms with Crippen molar-refractivity contribution in [2.75, 3.05) is 20.7 Å². The lowest BCUT2D eigenvalue weighted by atomic mass is 10.1. The van der Waals surface area contributed by atoms with Gasteiger partial charge in [0.2, 0.25) is 5.06 Å².